The van der Waals surface area contributed by atoms with E-state index in [1.54, 1.807) is 19.9 Å². The average molecular weight is 283 g/mol. The number of esters is 1. The normalized spacial score (nSPS) is 12.3. The number of nitrogens with one attached hydrogen (secondary N) is 1. The third-order valence-electron chi connectivity index (χ3n) is 2.67. The summed E-state index contributed by atoms with van der Waals surface area (Å²) >= 11 is 0. The number of halogens is 1. The van der Waals surface area contributed by atoms with E-state index in [4.69, 9.17) is 9.47 Å². The monoisotopic (exact) mass is 283 g/mol. The first-order valence-corrected chi connectivity index (χ1v) is 6.79. The molecule has 0 aliphatic heterocycles. The Labute approximate surface area is 119 Å². The highest BCUT2D eigenvalue weighted by molar-refractivity contribution is 5.71. The van der Waals surface area contributed by atoms with E-state index in [9.17, 15) is 9.18 Å². The molecule has 0 bridgehead atoms. The molecule has 112 valence electrons. The molecule has 0 saturated carbocycles. The summed E-state index contributed by atoms with van der Waals surface area (Å²) in [6.45, 7) is 8.02. The fourth-order valence-electron chi connectivity index (χ4n) is 1.84. The van der Waals surface area contributed by atoms with E-state index in [0.717, 1.165) is 12.1 Å². The summed E-state index contributed by atoms with van der Waals surface area (Å²) in [6, 6.07) is 4.33. The van der Waals surface area contributed by atoms with E-state index >= 15 is 0 Å². The lowest BCUT2D eigenvalue weighted by molar-refractivity contribution is -0.149. The fourth-order valence-corrected chi connectivity index (χ4v) is 1.84. The first kappa shape index (κ1) is 16.4. The summed E-state index contributed by atoms with van der Waals surface area (Å²) in [7, 11) is 0. The lowest BCUT2D eigenvalue weighted by Crippen LogP contribution is -2.21. The summed E-state index contributed by atoms with van der Waals surface area (Å²) in [5, 5.41) is 3.22. The molecule has 1 unspecified atom stereocenters. The predicted molar refractivity (Wildman–Crippen MR) is 75.2 cm³/mol. The molecule has 1 aromatic rings. The molecule has 0 heterocycles. The van der Waals surface area contributed by atoms with Crippen molar-refractivity contribution in [3.63, 3.8) is 0 Å². The van der Waals surface area contributed by atoms with Gasteiger partial charge in [0, 0.05) is 17.7 Å². The smallest absolute Gasteiger partial charge is 0.344 e. The first-order valence-electron chi connectivity index (χ1n) is 6.79. The molecular weight excluding hydrogens is 261 g/mol. The molecule has 0 radical (unpaired) electrons. The van der Waals surface area contributed by atoms with Gasteiger partial charge in [-0.15, -0.1) is 0 Å². The van der Waals surface area contributed by atoms with Gasteiger partial charge in [0.25, 0.3) is 0 Å². The van der Waals surface area contributed by atoms with Crippen LogP contribution in [0.1, 0.15) is 39.3 Å². The quantitative estimate of drug-likeness (QED) is 0.782. The molecule has 4 nitrogen and oxygen atoms in total. The van der Waals surface area contributed by atoms with Crippen LogP contribution >= 0.6 is 0 Å². The molecule has 0 aromatic heterocycles. The summed E-state index contributed by atoms with van der Waals surface area (Å²) in [6.07, 6.45) is -0.196. The molecule has 1 atom stereocenters. The number of hydrogen-bond acceptors (Lipinski definition) is 4. The lowest BCUT2D eigenvalue weighted by Gasteiger charge is -2.17. The average Bonchev–Trinajstić information content (AvgIpc) is 2.36. The van der Waals surface area contributed by atoms with Gasteiger partial charge in [-0.3, -0.25) is 0 Å². The summed E-state index contributed by atoms with van der Waals surface area (Å²) in [5.74, 6) is -0.504. The predicted octanol–water partition coefficient (Wildman–Crippen LogP) is 2.83. The zero-order valence-electron chi connectivity index (χ0n) is 12.4. The van der Waals surface area contributed by atoms with E-state index in [0.29, 0.717) is 5.75 Å². The SMILES string of the molecule is CCNC(C)c1ccc(F)cc1OCC(=O)OC(C)C. The summed E-state index contributed by atoms with van der Waals surface area (Å²) in [5.41, 5.74) is 0.811. The Hall–Kier alpha value is -1.62. The number of carbonyl (C=O) groups excluding carboxylic acids is 1. The van der Waals surface area contributed by atoms with Crippen molar-refractivity contribution in [3.8, 4) is 5.75 Å². The van der Waals surface area contributed by atoms with Crippen LogP contribution in [0.2, 0.25) is 0 Å². The van der Waals surface area contributed by atoms with Gasteiger partial charge in [-0.2, -0.15) is 0 Å². The summed E-state index contributed by atoms with van der Waals surface area (Å²) < 4.78 is 23.7. The van der Waals surface area contributed by atoms with Crippen LogP contribution in [0.15, 0.2) is 18.2 Å². The number of rotatable bonds is 7. The Morgan fingerprint density at radius 2 is 2.05 bits per heavy atom. The van der Waals surface area contributed by atoms with Crippen LogP contribution in [0.4, 0.5) is 4.39 Å². The van der Waals surface area contributed by atoms with Gasteiger partial charge in [-0.25, -0.2) is 9.18 Å². The zero-order valence-corrected chi connectivity index (χ0v) is 12.4. The van der Waals surface area contributed by atoms with Gasteiger partial charge in [0.05, 0.1) is 6.10 Å². The topological polar surface area (TPSA) is 47.6 Å². The van der Waals surface area contributed by atoms with E-state index in [2.05, 4.69) is 5.32 Å². The van der Waals surface area contributed by atoms with Crippen LogP contribution in [0.3, 0.4) is 0 Å². The zero-order chi connectivity index (χ0) is 15.1. The van der Waals surface area contributed by atoms with Gasteiger partial charge in [-0.1, -0.05) is 13.0 Å². The van der Waals surface area contributed by atoms with Crippen LogP contribution < -0.4 is 10.1 Å². The molecule has 0 fully saturated rings. The van der Waals surface area contributed by atoms with Gasteiger partial charge < -0.3 is 14.8 Å². The van der Waals surface area contributed by atoms with E-state index < -0.39 is 11.8 Å². The Morgan fingerprint density at radius 1 is 1.35 bits per heavy atom. The van der Waals surface area contributed by atoms with Gasteiger partial charge in [0.2, 0.25) is 0 Å². The van der Waals surface area contributed by atoms with Crippen molar-refractivity contribution in [3.05, 3.63) is 29.6 Å². The van der Waals surface area contributed by atoms with E-state index in [1.165, 1.54) is 12.1 Å². The molecule has 0 amide bonds. The van der Waals surface area contributed by atoms with Gasteiger partial charge in [-0.05, 0) is 33.4 Å². The van der Waals surface area contributed by atoms with Crippen molar-refractivity contribution in [1.82, 2.24) is 5.32 Å². The Balaban J connectivity index is 2.77. The minimum atomic E-state index is -0.466. The van der Waals surface area contributed by atoms with Crippen molar-refractivity contribution in [2.24, 2.45) is 0 Å². The third-order valence-corrected chi connectivity index (χ3v) is 2.67. The van der Waals surface area contributed by atoms with E-state index in [1.807, 2.05) is 13.8 Å². The molecule has 1 rings (SSSR count). The minimum Gasteiger partial charge on any atom is -0.481 e. The molecule has 0 spiro atoms. The van der Waals surface area contributed by atoms with Crippen molar-refractivity contribution in [2.75, 3.05) is 13.2 Å². The maximum absolute atomic E-state index is 13.3. The van der Waals surface area contributed by atoms with Crippen molar-refractivity contribution in [1.29, 1.82) is 0 Å². The van der Waals surface area contributed by atoms with Crippen LogP contribution in [-0.2, 0) is 9.53 Å². The Bertz CT molecular complexity index is 449. The number of benzene rings is 1. The van der Waals surface area contributed by atoms with E-state index in [-0.39, 0.29) is 18.8 Å². The van der Waals surface area contributed by atoms with Crippen LogP contribution in [0, 0.1) is 5.82 Å². The minimum absolute atomic E-state index is 0.0109. The van der Waals surface area contributed by atoms with Crippen LogP contribution in [0.5, 0.6) is 5.75 Å². The number of hydrogen-bond donors (Lipinski definition) is 1. The largest absolute Gasteiger partial charge is 0.481 e. The Morgan fingerprint density at radius 3 is 2.65 bits per heavy atom. The van der Waals surface area contributed by atoms with Gasteiger partial charge in [0.1, 0.15) is 11.6 Å². The maximum Gasteiger partial charge on any atom is 0.344 e. The fraction of sp³-hybridized carbons (Fsp3) is 0.533. The maximum atomic E-state index is 13.3. The first-order chi connectivity index (χ1) is 9.43. The summed E-state index contributed by atoms with van der Waals surface area (Å²) in [4.78, 5) is 11.5. The molecule has 5 heteroatoms. The number of carbonyl (C=O) groups is 1. The highest BCUT2D eigenvalue weighted by Crippen LogP contribution is 2.26. The molecule has 20 heavy (non-hydrogen) atoms. The molecule has 0 aliphatic rings. The van der Waals surface area contributed by atoms with Crippen LogP contribution in [0.25, 0.3) is 0 Å². The highest BCUT2D eigenvalue weighted by atomic mass is 19.1. The van der Waals surface area contributed by atoms with Gasteiger partial charge in [0.15, 0.2) is 6.61 Å². The van der Waals surface area contributed by atoms with Crippen molar-refractivity contribution >= 4 is 5.97 Å². The van der Waals surface area contributed by atoms with Crippen molar-refractivity contribution in [2.45, 2.75) is 39.8 Å². The standard InChI is InChI=1S/C15H22FNO3/c1-5-17-11(4)13-7-6-12(16)8-14(13)19-9-15(18)20-10(2)3/h6-8,10-11,17H,5,9H2,1-4H3. The van der Waals surface area contributed by atoms with Crippen LogP contribution in [-0.4, -0.2) is 25.2 Å². The second-order valence-corrected chi connectivity index (χ2v) is 4.79. The van der Waals surface area contributed by atoms with Gasteiger partial charge >= 0.3 is 5.97 Å². The molecular formula is C15H22FNO3. The second-order valence-electron chi connectivity index (χ2n) is 4.79. The lowest BCUT2D eigenvalue weighted by atomic mass is 10.1. The van der Waals surface area contributed by atoms with Crippen molar-refractivity contribution < 1.29 is 18.7 Å². The molecule has 0 aliphatic carbocycles. The Kier molecular flexibility index (Phi) is 6.45. The third kappa shape index (κ3) is 5.17. The highest BCUT2D eigenvalue weighted by Gasteiger charge is 2.14. The molecule has 1 aromatic carbocycles. The number of ether oxygens (including phenoxy) is 2. The second kappa shape index (κ2) is 7.85. The molecule has 0 saturated heterocycles. The molecule has 1 N–H and O–H groups in total.